The Hall–Kier alpha value is -3.69. The van der Waals surface area contributed by atoms with Gasteiger partial charge in [0.1, 0.15) is 0 Å². The molecule has 0 bridgehead atoms. The summed E-state index contributed by atoms with van der Waals surface area (Å²) in [4.78, 5) is 105. The summed E-state index contributed by atoms with van der Waals surface area (Å²) in [6.45, 7) is 0. The SMILES string of the molecule is O=C(CCCC[C@@H]1SC[C@@H]2NC(=O)N[C@@H]21)NC(CC(=O)ON1C(=O)CCC1=O)CC(=O)ON1C(=O)CCC1=O. The Morgan fingerprint density at radius 3 is 1.92 bits per heavy atom. The first kappa shape index (κ1) is 28.3. The first-order valence-corrected chi connectivity index (χ1v) is 13.8. The highest BCUT2D eigenvalue weighted by molar-refractivity contribution is 8.00. The molecule has 4 heterocycles. The van der Waals surface area contributed by atoms with Crippen molar-refractivity contribution in [3.05, 3.63) is 0 Å². The number of rotatable bonds is 12. The summed E-state index contributed by atoms with van der Waals surface area (Å²) < 4.78 is 0. The van der Waals surface area contributed by atoms with Gasteiger partial charge in [0.15, 0.2) is 0 Å². The van der Waals surface area contributed by atoms with Gasteiger partial charge in [-0.3, -0.25) is 24.0 Å². The van der Waals surface area contributed by atoms with Gasteiger partial charge in [0.2, 0.25) is 5.91 Å². The molecule has 4 saturated heterocycles. The summed E-state index contributed by atoms with van der Waals surface area (Å²) in [7, 11) is 0. The zero-order valence-corrected chi connectivity index (χ0v) is 21.8. The molecule has 0 unspecified atom stereocenters. The summed E-state index contributed by atoms with van der Waals surface area (Å²) in [5, 5.41) is 9.29. The lowest BCUT2D eigenvalue weighted by Gasteiger charge is -2.20. The molecule has 7 amide bonds. The van der Waals surface area contributed by atoms with Crippen molar-refractivity contribution < 1.29 is 48.0 Å². The van der Waals surface area contributed by atoms with Crippen molar-refractivity contribution >= 4 is 59.3 Å². The first-order chi connectivity index (χ1) is 18.6. The van der Waals surface area contributed by atoms with Gasteiger partial charge in [0.05, 0.1) is 24.9 Å². The minimum Gasteiger partial charge on any atom is -0.352 e. The average molecular weight is 568 g/mol. The van der Waals surface area contributed by atoms with Crippen LogP contribution in [-0.4, -0.2) is 86.8 Å². The second-order valence-electron chi connectivity index (χ2n) is 9.63. The van der Waals surface area contributed by atoms with E-state index in [1.807, 2.05) is 0 Å². The molecule has 0 aromatic carbocycles. The first-order valence-electron chi connectivity index (χ1n) is 12.7. The molecule has 0 radical (unpaired) electrons. The predicted octanol–water partition coefficient (Wildman–Crippen LogP) is -0.808. The van der Waals surface area contributed by atoms with Crippen LogP contribution in [-0.2, 0) is 43.2 Å². The second kappa shape index (κ2) is 12.4. The van der Waals surface area contributed by atoms with E-state index >= 15 is 0 Å². The fraction of sp³-hybridized carbons (Fsp3) is 0.652. The third-order valence-electron chi connectivity index (χ3n) is 6.67. The maximum absolute atomic E-state index is 12.6. The summed E-state index contributed by atoms with van der Waals surface area (Å²) in [6.07, 6.45) is 0.555. The predicted molar refractivity (Wildman–Crippen MR) is 129 cm³/mol. The number of nitrogens with one attached hydrogen (secondary N) is 3. The van der Waals surface area contributed by atoms with E-state index in [2.05, 4.69) is 16.0 Å². The Morgan fingerprint density at radius 1 is 0.846 bits per heavy atom. The van der Waals surface area contributed by atoms with Crippen molar-refractivity contribution in [2.45, 2.75) is 87.6 Å². The molecule has 4 fully saturated rings. The van der Waals surface area contributed by atoms with Gasteiger partial charge in [0, 0.05) is 49.1 Å². The molecule has 212 valence electrons. The molecule has 39 heavy (non-hydrogen) atoms. The number of thioether (sulfide) groups is 1. The van der Waals surface area contributed by atoms with Gasteiger partial charge in [-0.05, 0) is 12.8 Å². The number of hydroxylamine groups is 4. The Balaban J connectivity index is 1.26. The highest BCUT2D eigenvalue weighted by Crippen LogP contribution is 2.33. The van der Waals surface area contributed by atoms with Gasteiger partial charge in [-0.25, -0.2) is 14.4 Å². The van der Waals surface area contributed by atoms with E-state index in [1.165, 1.54) is 0 Å². The molecule has 16 heteroatoms. The van der Waals surface area contributed by atoms with Crippen molar-refractivity contribution in [2.24, 2.45) is 0 Å². The molecular formula is C23H29N5O10S. The largest absolute Gasteiger partial charge is 0.352 e. The van der Waals surface area contributed by atoms with Crippen molar-refractivity contribution in [3.63, 3.8) is 0 Å². The molecule has 0 aromatic rings. The lowest BCUT2D eigenvalue weighted by Crippen LogP contribution is -2.41. The number of carbonyl (C=O) groups is 8. The Morgan fingerprint density at radius 2 is 1.38 bits per heavy atom. The van der Waals surface area contributed by atoms with Crippen LogP contribution in [0.1, 0.15) is 64.2 Å². The van der Waals surface area contributed by atoms with Gasteiger partial charge in [-0.15, -0.1) is 10.1 Å². The van der Waals surface area contributed by atoms with Crippen molar-refractivity contribution in [3.8, 4) is 0 Å². The molecular weight excluding hydrogens is 538 g/mol. The fourth-order valence-corrected chi connectivity index (χ4v) is 6.29. The molecule has 15 nitrogen and oxygen atoms in total. The number of amides is 7. The zero-order chi connectivity index (χ0) is 28.1. The third kappa shape index (κ3) is 7.25. The molecule has 0 aliphatic carbocycles. The van der Waals surface area contributed by atoms with E-state index in [1.54, 1.807) is 11.8 Å². The number of nitrogens with zero attached hydrogens (tertiary/aromatic N) is 2. The molecule has 0 aromatic heterocycles. The van der Waals surface area contributed by atoms with Crippen LogP contribution in [0, 0.1) is 0 Å². The molecule has 0 saturated carbocycles. The van der Waals surface area contributed by atoms with E-state index in [0.717, 1.165) is 12.2 Å². The minimum absolute atomic E-state index is 0.0569. The Bertz CT molecular complexity index is 1000. The summed E-state index contributed by atoms with van der Waals surface area (Å²) in [5.41, 5.74) is 0. The van der Waals surface area contributed by atoms with Crippen molar-refractivity contribution in [1.29, 1.82) is 0 Å². The van der Waals surface area contributed by atoms with E-state index in [0.29, 0.717) is 23.0 Å². The Kier molecular flexibility index (Phi) is 9.04. The quantitative estimate of drug-likeness (QED) is 0.151. The van der Waals surface area contributed by atoms with Gasteiger partial charge in [-0.2, -0.15) is 11.8 Å². The third-order valence-corrected chi connectivity index (χ3v) is 8.18. The van der Waals surface area contributed by atoms with E-state index in [4.69, 9.17) is 9.68 Å². The lowest BCUT2D eigenvalue weighted by atomic mass is 10.0. The number of fused-ring (bicyclic) bond motifs is 1. The van der Waals surface area contributed by atoms with E-state index in [9.17, 15) is 38.4 Å². The minimum atomic E-state index is -1.15. The van der Waals surface area contributed by atoms with E-state index < -0.39 is 60.4 Å². The van der Waals surface area contributed by atoms with Gasteiger partial charge in [-0.1, -0.05) is 6.42 Å². The molecule has 3 atom stereocenters. The number of imide groups is 2. The fourth-order valence-electron chi connectivity index (χ4n) is 4.74. The summed E-state index contributed by atoms with van der Waals surface area (Å²) in [5.74, 6) is -4.44. The van der Waals surface area contributed by atoms with E-state index in [-0.39, 0.29) is 55.5 Å². The van der Waals surface area contributed by atoms with Crippen molar-refractivity contribution in [1.82, 2.24) is 26.1 Å². The summed E-state index contributed by atoms with van der Waals surface area (Å²) in [6, 6.07) is -1.16. The van der Waals surface area contributed by atoms with Gasteiger partial charge < -0.3 is 25.6 Å². The monoisotopic (exact) mass is 567 g/mol. The van der Waals surface area contributed by atoms with Crippen LogP contribution in [0.15, 0.2) is 0 Å². The maximum atomic E-state index is 12.6. The molecule has 4 aliphatic heterocycles. The molecule has 3 N–H and O–H groups in total. The smallest absolute Gasteiger partial charge is 0.335 e. The lowest BCUT2D eigenvalue weighted by molar-refractivity contribution is -0.200. The van der Waals surface area contributed by atoms with Crippen LogP contribution in [0.4, 0.5) is 4.79 Å². The van der Waals surface area contributed by atoms with Crippen LogP contribution >= 0.6 is 11.8 Å². The van der Waals surface area contributed by atoms with Gasteiger partial charge in [0.25, 0.3) is 23.6 Å². The van der Waals surface area contributed by atoms with Crippen LogP contribution in [0.3, 0.4) is 0 Å². The Labute approximate surface area is 226 Å². The highest BCUT2D eigenvalue weighted by Gasteiger charge is 2.42. The zero-order valence-electron chi connectivity index (χ0n) is 21.0. The topological polar surface area (TPSA) is 198 Å². The second-order valence-corrected chi connectivity index (χ2v) is 10.9. The maximum Gasteiger partial charge on any atom is 0.335 e. The highest BCUT2D eigenvalue weighted by atomic mass is 32.2. The number of hydrogen-bond acceptors (Lipinski definition) is 11. The molecule has 4 rings (SSSR count). The van der Waals surface area contributed by atoms with Crippen molar-refractivity contribution in [2.75, 3.05) is 5.75 Å². The van der Waals surface area contributed by atoms with Crippen LogP contribution in [0.25, 0.3) is 0 Å². The number of carbonyl (C=O) groups excluding carboxylic acids is 8. The molecule has 0 spiro atoms. The standard InChI is InChI=1S/C23H29N5O10S/c29-15(4-2-1-3-14-22-13(11-39-14)25-23(36)26-22)24-12(9-20(34)37-27-16(30)5-6-17(27)31)10-21(35)38-28-18(32)7-8-19(28)33/h12-14,22H,1-11H2,(H,24,29)(H2,25,26,36)/t13-,14-,22-/m0/s1. The number of hydrogen-bond donors (Lipinski definition) is 3. The summed E-state index contributed by atoms with van der Waals surface area (Å²) >= 11 is 1.76. The number of urea groups is 1. The normalized spacial score (nSPS) is 24.2. The van der Waals surface area contributed by atoms with Gasteiger partial charge >= 0.3 is 18.0 Å². The van der Waals surface area contributed by atoms with Crippen LogP contribution in [0.2, 0.25) is 0 Å². The molecule has 4 aliphatic rings. The van der Waals surface area contributed by atoms with Crippen LogP contribution < -0.4 is 16.0 Å². The number of unbranched alkanes of at least 4 members (excludes halogenated alkanes) is 1. The van der Waals surface area contributed by atoms with Crippen LogP contribution in [0.5, 0.6) is 0 Å². The average Bonchev–Trinajstić information content (AvgIpc) is 3.60.